The number of amides is 1. The van der Waals surface area contributed by atoms with Crippen molar-refractivity contribution in [2.75, 3.05) is 13.3 Å². The SMILES string of the molecule is CC(=O)N[C@@H](Cc1ccc(OCCF)cc1)C(=O)O. The molecule has 1 aromatic carbocycles. The second-order valence-corrected chi connectivity index (χ2v) is 3.98. The van der Waals surface area contributed by atoms with Crippen molar-refractivity contribution in [3.8, 4) is 5.75 Å². The number of hydrogen-bond acceptors (Lipinski definition) is 3. The molecule has 0 unspecified atom stereocenters. The number of carbonyl (C=O) groups is 2. The second kappa shape index (κ2) is 7.35. The zero-order chi connectivity index (χ0) is 14.3. The standard InChI is InChI=1S/C13H16FNO4/c1-9(16)15-12(13(17)18)8-10-2-4-11(5-3-10)19-7-6-14/h2-5,12H,6-8H2,1H3,(H,15,16)(H,17,18)/t12-/m0/s1. The third-order valence-corrected chi connectivity index (χ3v) is 2.38. The van der Waals surface area contributed by atoms with Gasteiger partial charge in [0.05, 0.1) is 0 Å². The number of carboxylic acids is 1. The van der Waals surface area contributed by atoms with Crippen LogP contribution in [0.1, 0.15) is 12.5 Å². The van der Waals surface area contributed by atoms with Crippen LogP contribution in [0.15, 0.2) is 24.3 Å². The summed E-state index contributed by atoms with van der Waals surface area (Å²) >= 11 is 0. The number of aliphatic carboxylic acids is 1. The number of carbonyl (C=O) groups excluding carboxylic acids is 1. The number of ether oxygens (including phenoxy) is 1. The largest absolute Gasteiger partial charge is 0.491 e. The first-order valence-corrected chi connectivity index (χ1v) is 5.80. The van der Waals surface area contributed by atoms with Gasteiger partial charge in [-0.1, -0.05) is 12.1 Å². The van der Waals surface area contributed by atoms with E-state index in [-0.39, 0.29) is 13.0 Å². The predicted molar refractivity (Wildman–Crippen MR) is 66.9 cm³/mol. The molecule has 6 heteroatoms. The number of nitrogens with one attached hydrogen (secondary N) is 1. The van der Waals surface area contributed by atoms with Crippen LogP contribution in [0, 0.1) is 0 Å². The van der Waals surface area contributed by atoms with Gasteiger partial charge in [-0.15, -0.1) is 0 Å². The minimum atomic E-state index is -1.09. The van der Waals surface area contributed by atoms with Gasteiger partial charge in [0, 0.05) is 13.3 Å². The average Bonchev–Trinajstić information content (AvgIpc) is 2.36. The lowest BCUT2D eigenvalue weighted by Gasteiger charge is -2.13. The van der Waals surface area contributed by atoms with E-state index in [2.05, 4.69) is 5.32 Å². The molecule has 19 heavy (non-hydrogen) atoms. The van der Waals surface area contributed by atoms with Crippen LogP contribution in [0.4, 0.5) is 4.39 Å². The van der Waals surface area contributed by atoms with E-state index in [1.165, 1.54) is 6.92 Å². The predicted octanol–water partition coefficient (Wildman–Crippen LogP) is 1.17. The number of benzene rings is 1. The van der Waals surface area contributed by atoms with Crippen molar-refractivity contribution in [3.63, 3.8) is 0 Å². The molecule has 0 saturated carbocycles. The number of hydrogen-bond donors (Lipinski definition) is 2. The Kier molecular flexibility index (Phi) is 5.78. The Morgan fingerprint density at radius 3 is 2.47 bits per heavy atom. The van der Waals surface area contributed by atoms with Crippen molar-refractivity contribution in [3.05, 3.63) is 29.8 Å². The van der Waals surface area contributed by atoms with Crippen molar-refractivity contribution in [1.29, 1.82) is 0 Å². The quantitative estimate of drug-likeness (QED) is 0.779. The van der Waals surface area contributed by atoms with Crippen LogP contribution in [0.5, 0.6) is 5.75 Å². The first-order chi connectivity index (χ1) is 9.02. The minimum absolute atomic E-state index is 0.0109. The van der Waals surface area contributed by atoms with Gasteiger partial charge in [0.2, 0.25) is 5.91 Å². The van der Waals surface area contributed by atoms with Crippen molar-refractivity contribution in [2.24, 2.45) is 0 Å². The van der Waals surface area contributed by atoms with E-state index in [9.17, 15) is 14.0 Å². The van der Waals surface area contributed by atoms with Crippen molar-refractivity contribution < 1.29 is 23.8 Å². The van der Waals surface area contributed by atoms with Gasteiger partial charge in [-0.3, -0.25) is 4.79 Å². The highest BCUT2D eigenvalue weighted by molar-refractivity contribution is 5.82. The molecule has 1 rings (SSSR count). The zero-order valence-electron chi connectivity index (χ0n) is 10.6. The van der Waals surface area contributed by atoms with Crippen molar-refractivity contribution in [2.45, 2.75) is 19.4 Å². The molecule has 104 valence electrons. The number of halogens is 1. The number of rotatable bonds is 7. The van der Waals surface area contributed by atoms with Gasteiger partial charge in [-0.05, 0) is 17.7 Å². The molecule has 0 saturated heterocycles. The minimum Gasteiger partial charge on any atom is -0.491 e. The monoisotopic (exact) mass is 269 g/mol. The second-order valence-electron chi connectivity index (χ2n) is 3.98. The van der Waals surface area contributed by atoms with Crippen LogP contribution >= 0.6 is 0 Å². The Hall–Kier alpha value is -2.11. The normalized spacial score (nSPS) is 11.7. The van der Waals surface area contributed by atoms with Gasteiger partial charge in [0.15, 0.2) is 0 Å². The lowest BCUT2D eigenvalue weighted by molar-refractivity contribution is -0.141. The first kappa shape index (κ1) is 14.9. The summed E-state index contributed by atoms with van der Waals surface area (Å²) in [5.41, 5.74) is 0.744. The zero-order valence-corrected chi connectivity index (χ0v) is 10.6. The van der Waals surface area contributed by atoms with Crippen LogP contribution in [-0.4, -0.2) is 36.3 Å². The molecule has 0 bridgehead atoms. The molecule has 0 aliphatic heterocycles. The van der Waals surface area contributed by atoms with E-state index in [1.807, 2.05) is 0 Å². The maximum Gasteiger partial charge on any atom is 0.326 e. The Morgan fingerprint density at radius 2 is 2.00 bits per heavy atom. The maximum absolute atomic E-state index is 11.9. The molecule has 0 aromatic heterocycles. The Bertz CT molecular complexity index is 433. The smallest absolute Gasteiger partial charge is 0.326 e. The molecule has 5 nitrogen and oxygen atoms in total. The van der Waals surface area contributed by atoms with Gasteiger partial charge in [0.25, 0.3) is 0 Å². The van der Waals surface area contributed by atoms with Crippen LogP contribution in [-0.2, 0) is 16.0 Å². The molecule has 1 atom stereocenters. The molecular formula is C13H16FNO4. The molecule has 0 heterocycles. The highest BCUT2D eigenvalue weighted by atomic mass is 19.1. The third-order valence-electron chi connectivity index (χ3n) is 2.38. The number of carboxylic acid groups (broad SMARTS) is 1. The van der Waals surface area contributed by atoms with Crippen molar-refractivity contribution in [1.82, 2.24) is 5.32 Å². The van der Waals surface area contributed by atoms with Gasteiger partial charge < -0.3 is 15.2 Å². The number of alkyl halides is 1. The fraction of sp³-hybridized carbons (Fsp3) is 0.385. The summed E-state index contributed by atoms with van der Waals surface area (Å²) in [6, 6.07) is 5.68. The van der Waals surface area contributed by atoms with Crippen LogP contribution in [0.25, 0.3) is 0 Å². The lowest BCUT2D eigenvalue weighted by atomic mass is 10.1. The topological polar surface area (TPSA) is 75.6 Å². The average molecular weight is 269 g/mol. The van der Waals surface area contributed by atoms with Gasteiger partial charge in [0.1, 0.15) is 25.1 Å². The molecule has 0 spiro atoms. The lowest BCUT2D eigenvalue weighted by Crippen LogP contribution is -2.41. The summed E-state index contributed by atoms with van der Waals surface area (Å²) in [6.45, 7) is 0.693. The Labute approximate surface area is 110 Å². The molecule has 0 aliphatic rings. The fourth-order valence-corrected chi connectivity index (χ4v) is 1.56. The van der Waals surface area contributed by atoms with E-state index in [4.69, 9.17) is 9.84 Å². The molecule has 1 aromatic rings. The summed E-state index contributed by atoms with van der Waals surface area (Å²) in [4.78, 5) is 21.9. The molecular weight excluding hydrogens is 253 g/mol. The summed E-state index contributed by atoms with van der Waals surface area (Å²) in [5, 5.41) is 11.3. The van der Waals surface area contributed by atoms with Crippen LogP contribution in [0.2, 0.25) is 0 Å². The third kappa shape index (κ3) is 5.37. The molecule has 1 amide bonds. The van der Waals surface area contributed by atoms with Crippen LogP contribution in [0.3, 0.4) is 0 Å². The van der Waals surface area contributed by atoms with Crippen LogP contribution < -0.4 is 10.1 Å². The van der Waals surface area contributed by atoms with Gasteiger partial charge in [-0.2, -0.15) is 0 Å². The fourth-order valence-electron chi connectivity index (χ4n) is 1.56. The molecule has 0 radical (unpaired) electrons. The van der Waals surface area contributed by atoms with Crippen molar-refractivity contribution >= 4 is 11.9 Å². The Morgan fingerprint density at radius 1 is 1.37 bits per heavy atom. The van der Waals surface area contributed by atoms with E-state index in [0.29, 0.717) is 5.75 Å². The first-order valence-electron chi connectivity index (χ1n) is 5.80. The summed E-state index contributed by atoms with van der Waals surface area (Å²) < 4.78 is 17.0. The summed E-state index contributed by atoms with van der Waals surface area (Å²) in [6.07, 6.45) is 0.179. The molecule has 2 N–H and O–H groups in total. The van der Waals surface area contributed by atoms with E-state index >= 15 is 0 Å². The van der Waals surface area contributed by atoms with Gasteiger partial charge in [-0.25, -0.2) is 9.18 Å². The van der Waals surface area contributed by atoms with E-state index in [1.54, 1.807) is 24.3 Å². The molecule has 0 fully saturated rings. The van der Waals surface area contributed by atoms with E-state index < -0.39 is 24.6 Å². The summed E-state index contributed by atoms with van der Waals surface area (Å²) in [7, 11) is 0. The highest BCUT2D eigenvalue weighted by Gasteiger charge is 2.18. The summed E-state index contributed by atoms with van der Waals surface area (Å²) in [5.74, 6) is -0.962. The van der Waals surface area contributed by atoms with Gasteiger partial charge >= 0.3 is 5.97 Å². The molecule has 0 aliphatic carbocycles. The highest BCUT2D eigenvalue weighted by Crippen LogP contribution is 2.13. The maximum atomic E-state index is 11.9. The van der Waals surface area contributed by atoms with E-state index in [0.717, 1.165) is 5.56 Å². The Balaban J connectivity index is 2.64.